The number of hydrogen-bond acceptors (Lipinski definition) is 4. The van der Waals surface area contributed by atoms with Crippen LogP contribution in [-0.2, 0) is 11.0 Å². The number of nitriles is 1. The molecule has 0 spiro atoms. The fourth-order valence-corrected chi connectivity index (χ4v) is 3.48. The number of amides is 2. The van der Waals surface area contributed by atoms with Gasteiger partial charge in [0.2, 0.25) is 5.91 Å². The van der Waals surface area contributed by atoms with Gasteiger partial charge in [0, 0.05) is 24.7 Å². The first-order valence-electron chi connectivity index (χ1n) is 8.71. The second-order valence-electron chi connectivity index (χ2n) is 6.76. The number of alkyl halides is 3. The minimum atomic E-state index is -4.45. The molecule has 1 unspecified atom stereocenters. The molecule has 0 radical (unpaired) electrons. The summed E-state index contributed by atoms with van der Waals surface area (Å²) >= 11 is 0. The Balaban J connectivity index is 0.00000280. The Kier molecular flexibility index (Phi) is 6.91. The van der Waals surface area contributed by atoms with Crippen molar-refractivity contribution in [2.75, 3.05) is 13.1 Å². The number of nitrogens with one attached hydrogen (secondary N) is 2. The Labute approximate surface area is 166 Å². The van der Waals surface area contributed by atoms with Crippen LogP contribution in [0.4, 0.5) is 13.2 Å². The quantitative estimate of drug-likeness (QED) is 0.790. The highest BCUT2D eigenvalue weighted by molar-refractivity contribution is 5.94. The summed E-state index contributed by atoms with van der Waals surface area (Å²) in [4.78, 5) is 26.3. The first-order chi connectivity index (χ1) is 12.8. The molecule has 2 amide bonds. The minimum Gasteiger partial charge on any atom is -0.348 e. The highest BCUT2D eigenvalue weighted by atomic mass is 35.5. The van der Waals surface area contributed by atoms with E-state index in [0.29, 0.717) is 25.9 Å². The molecular weight excluding hydrogens is 397 g/mol. The molecule has 6 nitrogen and oxygen atoms in total. The van der Waals surface area contributed by atoms with E-state index in [0.717, 1.165) is 30.7 Å². The van der Waals surface area contributed by atoms with Gasteiger partial charge in [-0.25, -0.2) is 0 Å². The SMILES string of the molecule is Cl.N#C[C@@H]1CCCN1C(=O)[C@@H]1CC(NC(=O)c2ccc(C(F)(F)F)cc2)CN1. The van der Waals surface area contributed by atoms with Crippen molar-refractivity contribution >= 4 is 24.2 Å². The Morgan fingerprint density at radius 1 is 1.25 bits per heavy atom. The van der Waals surface area contributed by atoms with E-state index in [1.165, 1.54) is 0 Å². The van der Waals surface area contributed by atoms with Crippen LogP contribution >= 0.6 is 12.4 Å². The molecule has 0 aromatic heterocycles. The maximum atomic E-state index is 12.6. The minimum absolute atomic E-state index is 0. The molecule has 1 aromatic carbocycles. The predicted molar refractivity (Wildman–Crippen MR) is 96.7 cm³/mol. The number of halogens is 4. The topological polar surface area (TPSA) is 85.2 Å². The molecule has 2 aliphatic heterocycles. The van der Waals surface area contributed by atoms with E-state index < -0.39 is 29.7 Å². The van der Waals surface area contributed by atoms with Gasteiger partial charge in [-0.2, -0.15) is 18.4 Å². The van der Waals surface area contributed by atoms with Crippen LogP contribution in [-0.4, -0.2) is 47.9 Å². The molecule has 10 heteroatoms. The van der Waals surface area contributed by atoms with E-state index in [4.69, 9.17) is 5.26 Å². The number of nitrogens with zero attached hydrogens (tertiary/aromatic N) is 2. The standard InChI is InChI=1S/C18H19F3N4O2.ClH/c19-18(20,21)12-5-3-11(4-6-12)16(26)24-13-8-15(23-10-13)17(27)25-7-1-2-14(25)9-22;/h3-6,13-15,23H,1-2,7-8,10H2,(H,24,26);1H/t13?,14-,15-;/m0./s1. The van der Waals surface area contributed by atoms with Crippen molar-refractivity contribution in [2.45, 2.75) is 43.6 Å². The second kappa shape index (κ2) is 8.80. The van der Waals surface area contributed by atoms with E-state index in [1.807, 2.05) is 0 Å². The third kappa shape index (κ3) is 4.75. The van der Waals surface area contributed by atoms with Gasteiger partial charge in [0.1, 0.15) is 6.04 Å². The highest BCUT2D eigenvalue weighted by Crippen LogP contribution is 2.29. The molecule has 0 aliphatic carbocycles. The lowest BCUT2D eigenvalue weighted by Gasteiger charge is -2.23. The third-order valence-corrected chi connectivity index (χ3v) is 4.92. The van der Waals surface area contributed by atoms with Gasteiger partial charge in [0.15, 0.2) is 0 Å². The summed E-state index contributed by atoms with van der Waals surface area (Å²) in [6, 6.07) is 4.93. The van der Waals surface area contributed by atoms with E-state index in [-0.39, 0.29) is 29.9 Å². The smallest absolute Gasteiger partial charge is 0.348 e. The van der Waals surface area contributed by atoms with Crippen LogP contribution in [0, 0.1) is 11.3 Å². The van der Waals surface area contributed by atoms with Gasteiger partial charge in [-0.15, -0.1) is 12.4 Å². The number of rotatable bonds is 3. The molecule has 3 rings (SSSR count). The van der Waals surface area contributed by atoms with Crippen molar-refractivity contribution < 1.29 is 22.8 Å². The van der Waals surface area contributed by atoms with Crippen molar-refractivity contribution in [3.8, 4) is 6.07 Å². The van der Waals surface area contributed by atoms with E-state index in [1.54, 1.807) is 4.90 Å². The van der Waals surface area contributed by atoms with E-state index in [2.05, 4.69) is 16.7 Å². The van der Waals surface area contributed by atoms with Crippen LogP contribution in [0.3, 0.4) is 0 Å². The van der Waals surface area contributed by atoms with Crippen LogP contribution in [0.2, 0.25) is 0 Å². The molecule has 2 aliphatic rings. The molecule has 2 heterocycles. The summed E-state index contributed by atoms with van der Waals surface area (Å²) in [5.74, 6) is -0.634. The number of likely N-dealkylation sites (tertiary alicyclic amines) is 1. The second-order valence-corrected chi connectivity index (χ2v) is 6.76. The number of carbonyl (C=O) groups excluding carboxylic acids is 2. The summed E-state index contributed by atoms with van der Waals surface area (Å²) in [5, 5.41) is 14.9. The fraction of sp³-hybridized carbons (Fsp3) is 0.500. The van der Waals surface area contributed by atoms with Crippen molar-refractivity contribution in [3.63, 3.8) is 0 Å². The molecule has 152 valence electrons. The summed E-state index contributed by atoms with van der Waals surface area (Å²) in [5.41, 5.74) is -0.688. The van der Waals surface area contributed by atoms with Gasteiger partial charge in [0.25, 0.3) is 5.91 Å². The zero-order chi connectivity index (χ0) is 19.6. The number of carbonyl (C=O) groups is 2. The zero-order valence-electron chi connectivity index (χ0n) is 14.8. The molecule has 28 heavy (non-hydrogen) atoms. The average molecular weight is 417 g/mol. The van der Waals surface area contributed by atoms with Crippen LogP contribution in [0.5, 0.6) is 0 Å². The van der Waals surface area contributed by atoms with E-state index in [9.17, 15) is 22.8 Å². The van der Waals surface area contributed by atoms with Gasteiger partial charge >= 0.3 is 6.18 Å². The molecule has 1 aromatic rings. The molecule has 0 bridgehead atoms. The summed E-state index contributed by atoms with van der Waals surface area (Å²) in [7, 11) is 0. The monoisotopic (exact) mass is 416 g/mol. The number of hydrogen-bond donors (Lipinski definition) is 2. The van der Waals surface area contributed by atoms with Crippen LogP contribution < -0.4 is 10.6 Å². The van der Waals surface area contributed by atoms with Crippen LogP contribution in [0.1, 0.15) is 35.2 Å². The van der Waals surface area contributed by atoms with Gasteiger partial charge in [-0.3, -0.25) is 9.59 Å². The van der Waals surface area contributed by atoms with Gasteiger partial charge in [-0.05, 0) is 43.5 Å². The first-order valence-corrected chi connectivity index (χ1v) is 8.71. The third-order valence-electron chi connectivity index (χ3n) is 4.92. The molecule has 2 saturated heterocycles. The lowest BCUT2D eigenvalue weighted by Crippen LogP contribution is -2.45. The van der Waals surface area contributed by atoms with E-state index >= 15 is 0 Å². The largest absolute Gasteiger partial charge is 0.416 e. The first kappa shape index (κ1) is 22.0. The highest BCUT2D eigenvalue weighted by Gasteiger charge is 2.37. The van der Waals surface area contributed by atoms with Crippen LogP contribution in [0.25, 0.3) is 0 Å². The Hall–Kier alpha value is -2.31. The fourth-order valence-electron chi connectivity index (χ4n) is 3.48. The maximum Gasteiger partial charge on any atom is 0.416 e. The molecule has 3 atom stereocenters. The summed E-state index contributed by atoms with van der Waals surface area (Å²) in [6.07, 6.45) is -2.61. The lowest BCUT2D eigenvalue weighted by molar-refractivity contribution is -0.137. The maximum absolute atomic E-state index is 12.6. The summed E-state index contributed by atoms with van der Waals surface area (Å²) in [6.45, 7) is 0.936. The predicted octanol–water partition coefficient (Wildman–Crippen LogP) is 2.10. The lowest BCUT2D eigenvalue weighted by atomic mass is 10.1. The molecule has 2 fully saturated rings. The molecule has 2 N–H and O–H groups in total. The van der Waals surface area contributed by atoms with Crippen molar-refractivity contribution in [1.82, 2.24) is 15.5 Å². The van der Waals surface area contributed by atoms with Crippen molar-refractivity contribution in [1.29, 1.82) is 5.26 Å². The normalized spacial score (nSPS) is 24.4. The summed E-state index contributed by atoms with van der Waals surface area (Å²) < 4.78 is 37.8. The molecular formula is C18H20ClF3N4O2. The van der Waals surface area contributed by atoms with Gasteiger partial charge in [0.05, 0.1) is 17.7 Å². The van der Waals surface area contributed by atoms with Crippen LogP contribution in [0.15, 0.2) is 24.3 Å². The van der Waals surface area contributed by atoms with Gasteiger partial charge < -0.3 is 15.5 Å². The zero-order valence-corrected chi connectivity index (χ0v) is 15.6. The Bertz CT molecular complexity index is 764. The molecule has 0 saturated carbocycles. The van der Waals surface area contributed by atoms with Gasteiger partial charge in [-0.1, -0.05) is 0 Å². The number of benzene rings is 1. The Morgan fingerprint density at radius 2 is 1.93 bits per heavy atom. The van der Waals surface area contributed by atoms with Crippen molar-refractivity contribution in [2.24, 2.45) is 0 Å². The Morgan fingerprint density at radius 3 is 2.54 bits per heavy atom. The average Bonchev–Trinajstić information content (AvgIpc) is 3.29. The van der Waals surface area contributed by atoms with Crippen molar-refractivity contribution in [3.05, 3.63) is 35.4 Å².